The zero-order valence-electron chi connectivity index (χ0n) is 13.9. The van der Waals surface area contributed by atoms with Gasteiger partial charge < -0.3 is 20.4 Å². The van der Waals surface area contributed by atoms with E-state index < -0.39 is 0 Å². The van der Waals surface area contributed by atoms with E-state index in [9.17, 15) is 5.21 Å². The van der Waals surface area contributed by atoms with Gasteiger partial charge in [0.1, 0.15) is 11.5 Å². The topological polar surface area (TPSA) is 103 Å². The number of rotatable bonds is 3. The largest absolute Gasteiger partial charge is 0.496 e. The third-order valence-corrected chi connectivity index (χ3v) is 4.35. The molecule has 0 bridgehead atoms. The van der Waals surface area contributed by atoms with Gasteiger partial charge in [0.05, 0.1) is 31.3 Å². The molecule has 0 radical (unpaired) electrons. The molecule has 2 aromatic rings. The Morgan fingerprint density at radius 3 is 2.42 bits per heavy atom. The minimum absolute atomic E-state index is 0.00296. The lowest BCUT2D eigenvalue weighted by molar-refractivity contribution is 0.316. The molecule has 1 aliphatic carbocycles. The lowest BCUT2D eigenvalue weighted by Gasteiger charge is -2.28. The molecule has 3 rings (SSSR count). The van der Waals surface area contributed by atoms with Gasteiger partial charge in [-0.25, -0.2) is 9.97 Å². The highest BCUT2D eigenvalue weighted by molar-refractivity contribution is 6.03. The third-order valence-electron chi connectivity index (χ3n) is 4.35. The van der Waals surface area contributed by atoms with Crippen LogP contribution in [0.25, 0.3) is 0 Å². The van der Waals surface area contributed by atoms with Crippen LogP contribution in [0.1, 0.15) is 34.9 Å². The molecule has 0 saturated carbocycles. The van der Waals surface area contributed by atoms with Crippen LogP contribution in [0.5, 0.6) is 11.5 Å². The number of nitrogens with zero attached hydrogens (tertiary/aromatic N) is 3. The van der Waals surface area contributed by atoms with Gasteiger partial charge in [0.2, 0.25) is 5.95 Å². The molecule has 1 unspecified atom stereocenters. The van der Waals surface area contributed by atoms with Gasteiger partial charge in [-0.15, -0.1) is 0 Å². The number of hydrogen-bond acceptors (Lipinski definition) is 7. The first-order chi connectivity index (χ1) is 11.6. The number of aryl methyl sites for hydroxylation is 1. The normalized spacial score (nSPS) is 18.3. The zero-order chi connectivity index (χ0) is 17.3. The first kappa shape index (κ1) is 16.0. The van der Waals surface area contributed by atoms with Crippen molar-refractivity contribution in [2.75, 3.05) is 20.0 Å². The molecule has 1 aromatic carbocycles. The highest BCUT2D eigenvalue weighted by atomic mass is 16.5. The zero-order valence-corrected chi connectivity index (χ0v) is 13.9. The monoisotopic (exact) mass is 328 g/mol. The molecule has 7 heteroatoms. The summed E-state index contributed by atoms with van der Waals surface area (Å²) >= 11 is 0. The fourth-order valence-electron chi connectivity index (χ4n) is 3.40. The van der Waals surface area contributed by atoms with Crippen LogP contribution in [0.3, 0.4) is 0 Å². The number of benzene rings is 1. The number of aromatic nitrogens is 2. The van der Waals surface area contributed by atoms with Crippen molar-refractivity contribution in [3.05, 3.63) is 40.7 Å². The maximum absolute atomic E-state index is 9.49. The van der Waals surface area contributed by atoms with Crippen LogP contribution in [0.15, 0.2) is 23.4 Å². The average Bonchev–Trinajstić information content (AvgIpc) is 2.59. The average molecular weight is 328 g/mol. The van der Waals surface area contributed by atoms with E-state index in [1.807, 2.05) is 25.1 Å². The summed E-state index contributed by atoms with van der Waals surface area (Å²) in [7, 11) is 3.25. The van der Waals surface area contributed by atoms with Crippen molar-refractivity contribution in [3.8, 4) is 11.5 Å². The van der Waals surface area contributed by atoms with E-state index in [1.54, 1.807) is 14.2 Å². The molecule has 0 amide bonds. The van der Waals surface area contributed by atoms with Crippen molar-refractivity contribution in [2.45, 2.75) is 25.7 Å². The second-order valence-electron chi connectivity index (χ2n) is 5.72. The summed E-state index contributed by atoms with van der Waals surface area (Å²) in [6, 6.07) is 5.66. The van der Waals surface area contributed by atoms with Crippen LogP contribution in [0.2, 0.25) is 0 Å². The van der Waals surface area contributed by atoms with E-state index in [1.165, 1.54) is 0 Å². The molecule has 1 heterocycles. The van der Waals surface area contributed by atoms with Crippen molar-refractivity contribution < 1.29 is 14.7 Å². The predicted molar refractivity (Wildman–Crippen MR) is 90.1 cm³/mol. The summed E-state index contributed by atoms with van der Waals surface area (Å²) in [5, 5.41) is 13.0. The summed E-state index contributed by atoms with van der Waals surface area (Å²) in [6.07, 6.45) is 1.17. The molecule has 0 aliphatic heterocycles. The van der Waals surface area contributed by atoms with E-state index in [2.05, 4.69) is 15.1 Å². The van der Waals surface area contributed by atoms with Gasteiger partial charge in [-0.2, -0.15) is 0 Å². The van der Waals surface area contributed by atoms with E-state index in [4.69, 9.17) is 15.2 Å². The molecule has 0 saturated heterocycles. The van der Waals surface area contributed by atoms with Gasteiger partial charge in [0.25, 0.3) is 0 Å². The van der Waals surface area contributed by atoms with E-state index >= 15 is 0 Å². The maximum atomic E-state index is 9.49. The Morgan fingerprint density at radius 1 is 1.17 bits per heavy atom. The summed E-state index contributed by atoms with van der Waals surface area (Å²) < 4.78 is 11.0. The maximum Gasteiger partial charge on any atom is 0.220 e. The molecule has 1 atom stereocenters. The molecular weight excluding hydrogens is 308 g/mol. The van der Waals surface area contributed by atoms with Crippen LogP contribution in [0.4, 0.5) is 5.95 Å². The quantitative estimate of drug-likeness (QED) is 0.662. The Balaban J connectivity index is 2.13. The Morgan fingerprint density at radius 2 is 1.83 bits per heavy atom. The number of anilines is 1. The van der Waals surface area contributed by atoms with Crippen molar-refractivity contribution in [2.24, 2.45) is 5.16 Å². The summed E-state index contributed by atoms with van der Waals surface area (Å²) in [6.45, 7) is 1.84. The highest BCUT2D eigenvalue weighted by Gasteiger charge is 2.32. The van der Waals surface area contributed by atoms with Gasteiger partial charge in [-0.05, 0) is 25.5 Å². The molecule has 126 valence electrons. The number of fused-ring (bicyclic) bond motifs is 1. The van der Waals surface area contributed by atoms with Crippen molar-refractivity contribution in [1.82, 2.24) is 9.97 Å². The molecule has 7 nitrogen and oxygen atoms in total. The van der Waals surface area contributed by atoms with Crippen LogP contribution in [-0.4, -0.2) is 35.1 Å². The van der Waals surface area contributed by atoms with Crippen molar-refractivity contribution >= 4 is 11.7 Å². The smallest absolute Gasteiger partial charge is 0.220 e. The molecule has 3 N–H and O–H groups in total. The van der Waals surface area contributed by atoms with Crippen LogP contribution >= 0.6 is 0 Å². The molecule has 0 fully saturated rings. The fraction of sp³-hybridized carbons (Fsp3) is 0.353. The second kappa shape index (κ2) is 6.35. The summed E-state index contributed by atoms with van der Waals surface area (Å²) in [5.41, 5.74) is 9.54. The lowest BCUT2D eigenvalue weighted by atomic mass is 9.80. The van der Waals surface area contributed by atoms with Crippen molar-refractivity contribution in [1.29, 1.82) is 0 Å². The van der Waals surface area contributed by atoms with Gasteiger partial charge in [0, 0.05) is 23.5 Å². The number of hydrogen-bond donors (Lipinski definition) is 2. The predicted octanol–water partition coefficient (Wildman–Crippen LogP) is 2.29. The Labute approximate surface area is 140 Å². The van der Waals surface area contributed by atoms with Crippen LogP contribution in [-0.2, 0) is 6.42 Å². The Kier molecular flexibility index (Phi) is 4.24. The SMILES string of the molecule is COc1cccc(OC)c1C1C/C(=N/O)c2c(C)nc(N)nc2C1. The minimum Gasteiger partial charge on any atom is -0.496 e. The first-order valence-electron chi connectivity index (χ1n) is 7.64. The lowest BCUT2D eigenvalue weighted by Crippen LogP contribution is -2.24. The highest BCUT2D eigenvalue weighted by Crippen LogP contribution is 2.42. The first-order valence-corrected chi connectivity index (χ1v) is 7.64. The summed E-state index contributed by atoms with van der Waals surface area (Å²) in [4.78, 5) is 8.53. The number of ether oxygens (including phenoxy) is 2. The van der Waals surface area contributed by atoms with E-state index in [0.717, 1.165) is 34.0 Å². The van der Waals surface area contributed by atoms with Gasteiger partial charge in [0.15, 0.2) is 0 Å². The Bertz CT molecular complexity index is 782. The number of nitrogen functional groups attached to an aromatic ring is 1. The van der Waals surface area contributed by atoms with Gasteiger partial charge in [-0.3, -0.25) is 0 Å². The van der Waals surface area contributed by atoms with Gasteiger partial charge in [-0.1, -0.05) is 11.2 Å². The summed E-state index contributed by atoms with van der Waals surface area (Å²) in [5.74, 6) is 1.69. The van der Waals surface area contributed by atoms with Crippen molar-refractivity contribution in [3.63, 3.8) is 0 Å². The third kappa shape index (κ3) is 2.62. The second-order valence-corrected chi connectivity index (χ2v) is 5.72. The molecule has 1 aliphatic rings. The molecule has 1 aromatic heterocycles. The molecular formula is C17H20N4O3. The fourth-order valence-corrected chi connectivity index (χ4v) is 3.40. The van der Waals surface area contributed by atoms with Crippen LogP contribution in [0, 0.1) is 6.92 Å². The van der Waals surface area contributed by atoms with E-state index in [0.29, 0.717) is 18.6 Å². The number of nitrogens with two attached hydrogens (primary N) is 1. The molecule has 24 heavy (non-hydrogen) atoms. The number of oxime groups is 1. The molecule has 0 spiro atoms. The van der Waals surface area contributed by atoms with Gasteiger partial charge >= 0.3 is 0 Å². The Hall–Kier alpha value is -2.83. The number of methoxy groups -OCH3 is 2. The minimum atomic E-state index is 0.00296. The standard InChI is InChI=1S/C17H20N4O3/c1-9-15-11(20-17(18)19-9)7-10(8-12(15)21-22)16-13(23-2)5-4-6-14(16)24-3/h4-6,10,22H,7-8H2,1-3H3,(H2,18,19,20)/b21-12-. The van der Waals surface area contributed by atoms with E-state index in [-0.39, 0.29) is 11.9 Å². The van der Waals surface area contributed by atoms with Crippen LogP contribution < -0.4 is 15.2 Å².